The van der Waals surface area contributed by atoms with Gasteiger partial charge in [-0.3, -0.25) is 9.59 Å². The highest BCUT2D eigenvalue weighted by Crippen LogP contribution is 2.37. The lowest BCUT2D eigenvalue weighted by molar-refractivity contribution is -0.148. The average Bonchev–Trinajstić information content (AvgIpc) is 3.35. The minimum Gasteiger partial charge on any atom is -0.368 e. The fourth-order valence-corrected chi connectivity index (χ4v) is 4.99. The maximum absolute atomic E-state index is 13.4. The lowest BCUT2D eigenvalue weighted by Gasteiger charge is -2.42. The van der Waals surface area contributed by atoms with Gasteiger partial charge in [0.2, 0.25) is 5.91 Å². The zero-order chi connectivity index (χ0) is 21.7. The number of ether oxygens (including phenoxy) is 1. The number of hydrogen-bond acceptors (Lipinski definition) is 3. The van der Waals surface area contributed by atoms with Crippen LogP contribution in [-0.2, 0) is 20.7 Å². The zero-order valence-electron chi connectivity index (χ0n) is 18.3. The Labute approximate surface area is 184 Å². The summed E-state index contributed by atoms with van der Waals surface area (Å²) in [5.41, 5.74) is 2.81. The van der Waals surface area contributed by atoms with E-state index >= 15 is 0 Å². The van der Waals surface area contributed by atoms with Crippen LogP contribution in [0.1, 0.15) is 38.2 Å². The Kier molecular flexibility index (Phi) is 6.71. The Hall–Kier alpha value is -2.66. The number of nitrogens with one attached hydrogen (secondary N) is 1. The number of nitrogens with zero attached hydrogens (tertiary/aromatic N) is 1. The smallest absolute Gasteiger partial charge is 0.251 e. The SMILES string of the molecule is CCNC(=O)[C@@]1(Cc2ccccc2-c2ccccc2)CCCN(C(=O)[C@H]2CCCO2)C1. The molecule has 0 aliphatic carbocycles. The van der Waals surface area contributed by atoms with E-state index in [2.05, 4.69) is 29.6 Å². The van der Waals surface area contributed by atoms with Crippen molar-refractivity contribution in [2.75, 3.05) is 26.2 Å². The topological polar surface area (TPSA) is 58.6 Å². The summed E-state index contributed by atoms with van der Waals surface area (Å²) in [6.45, 7) is 4.32. The maximum atomic E-state index is 13.4. The van der Waals surface area contributed by atoms with E-state index in [9.17, 15) is 9.59 Å². The quantitative estimate of drug-likeness (QED) is 0.773. The van der Waals surface area contributed by atoms with Crippen LogP contribution in [-0.4, -0.2) is 49.1 Å². The maximum Gasteiger partial charge on any atom is 0.251 e. The van der Waals surface area contributed by atoms with Crippen molar-refractivity contribution in [3.8, 4) is 11.1 Å². The first kappa shape index (κ1) is 21.6. The van der Waals surface area contributed by atoms with Gasteiger partial charge in [0.1, 0.15) is 6.10 Å². The van der Waals surface area contributed by atoms with Crippen molar-refractivity contribution in [1.82, 2.24) is 10.2 Å². The minimum atomic E-state index is -0.632. The molecule has 0 saturated carbocycles. The second kappa shape index (κ2) is 9.65. The molecule has 2 amide bonds. The van der Waals surface area contributed by atoms with Crippen molar-refractivity contribution in [1.29, 1.82) is 0 Å². The molecule has 0 spiro atoms. The number of carbonyl (C=O) groups is 2. The largest absolute Gasteiger partial charge is 0.368 e. The predicted octanol–water partition coefficient (Wildman–Crippen LogP) is 3.82. The van der Waals surface area contributed by atoms with Crippen LogP contribution < -0.4 is 5.32 Å². The summed E-state index contributed by atoms with van der Waals surface area (Å²) in [6, 6.07) is 18.6. The van der Waals surface area contributed by atoms with Crippen molar-refractivity contribution in [2.45, 2.75) is 45.1 Å². The Morgan fingerprint density at radius 2 is 1.87 bits per heavy atom. The Morgan fingerprint density at radius 1 is 1.10 bits per heavy atom. The van der Waals surface area contributed by atoms with Crippen molar-refractivity contribution >= 4 is 11.8 Å². The molecule has 2 aromatic rings. The third kappa shape index (κ3) is 4.67. The molecule has 4 rings (SSSR count). The molecule has 164 valence electrons. The molecule has 2 aliphatic heterocycles. The first-order chi connectivity index (χ1) is 15.1. The molecule has 0 bridgehead atoms. The van der Waals surface area contributed by atoms with E-state index in [0.717, 1.165) is 42.4 Å². The first-order valence-corrected chi connectivity index (χ1v) is 11.4. The molecule has 0 aromatic heterocycles. The summed E-state index contributed by atoms with van der Waals surface area (Å²) >= 11 is 0. The molecule has 0 radical (unpaired) electrons. The van der Waals surface area contributed by atoms with Crippen LogP contribution in [0.3, 0.4) is 0 Å². The van der Waals surface area contributed by atoms with Crippen molar-refractivity contribution in [3.63, 3.8) is 0 Å². The lowest BCUT2D eigenvalue weighted by atomic mass is 9.73. The summed E-state index contributed by atoms with van der Waals surface area (Å²) < 4.78 is 5.65. The van der Waals surface area contributed by atoms with E-state index in [4.69, 9.17) is 4.74 Å². The molecule has 31 heavy (non-hydrogen) atoms. The molecule has 2 saturated heterocycles. The van der Waals surface area contributed by atoms with Gasteiger partial charge in [-0.05, 0) is 55.7 Å². The summed E-state index contributed by atoms with van der Waals surface area (Å²) in [5.74, 6) is 0.0879. The van der Waals surface area contributed by atoms with Crippen LogP contribution in [0.2, 0.25) is 0 Å². The molecule has 2 aromatic carbocycles. The van der Waals surface area contributed by atoms with Crippen LogP contribution >= 0.6 is 0 Å². The fraction of sp³-hybridized carbons (Fsp3) is 0.462. The van der Waals surface area contributed by atoms with Crippen LogP contribution in [0.15, 0.2) is 54.6 Å². The van der Waals surface area contributed by atoms with Gasteiger partial charge in [0.05, 0.1) is 5.41 Å². The van der Waals surface area contributed by atoms with Gasteiger partial charge in [0.15, 0.2) is 0 Å². The van der Waals surface area contributed by atoms with Gasteiger partial charge < -0.3 is 15.0 Å². The number of amides is 2. The summed E-state index contributed by atoms with van der Waals surface area (Å²) in [5, 5.41) is 3.06. The van der Waals surface area contributed by atoms with Gasteiger partial charge in [-0.2, -0.15) is 0 Å². The van der Waals surface area contributed by atoms with Gasteiger partial charge in [0.25, 0.3) is 5.91 Å². The van der Waals surface area contributed by atoms with E-state index in [0.29, 0.717) is 32.7 Å². The second-order valence-electron chi connectivity index (χ2n) is 8.70. The highest BCUT2D eigenvalue weighted by atomic mass is 16.5. The summed E-state index contributed by atoms with van der Waals surface area (Å²) in [7, 11) is 0. The van der Waals surface area contributed by atoms with Crippen molar-refractivity contribution in [3.05, 3.63) is 60.2 Å². The number of carbonyl (C=O) groups excluding carboxylic acids is 2. The van der Waals surface area contributed by atoms with Crippen LogP contribution in [0.25, 0.3) is 11.1 Å². The molecule has 5 nitrogen and oxygen atoms in total. The Bertz CT molecular complexity index is 908. The number of piperidine rings is 1. The minimum absolute atomic E-state index is 0.0437. The van der Waals surface area contributed by atoms with Gasteiger partial charge in [-0.1, -0.05) is 54.6 Å². The van der Waals surface area contributed by atoms with Gasteiger partial charge in [-0.15, -0.1) is 0 Å². The Balaban J connectivity index is 1.65. The molecule has 0 unspecified atom stereocenters. The highest BCUT2D eigenvalue weighted by Gasteiger charge is 2.44. The number of rotatable bonds is 6. The normalized spacial score (nSPS) is 23.5. The number of benzene rings is 2. The van der Waals surface area contributed by atoms with E-state index in [-0.39, 0.29) is 17.9 Å². The lowest BCUT2D eigenvalue weighted by Crippen LogP contribution is -2.56. The predicted molar refractivity (Wildman–Crippen MR) is 121 cm³/mol. The van der Waals surface area contributed by atoms with E-state index in [1.165, 1.54) is 0 Å². The monoisotopic (exact) mass is 420 g/mol. The van der Waals surface area contributed by atoms with Crippen LogP contribution in [0, 0.1) is 5.41 Å². The van der Waals surface area contributed by atoms with Crippen LogP contribution in [0.4, 0.5) is 0 Å². The second-order valence-corrected chi connectivity index (χ2v) is 8.70. The van der Waals surface area contributed by atoms with E-state index in [1.807, 2.05) is 42.2 Å². The number of likely N-dealkylation sites (tertiary alicyclic amines) is 1. The third-order valence-corrected chi connectivity index (χ3v) is 6.54. The molecule has 5 heteroatoms. The summed E-state index contributed by atoms with van der Waals surface area (Å²) in [4.78, 5) is 28.3. The molecular formula is C26H32N2O3. The van der Waals surface area contributed by atoms with Gasteiger partial charge >= 0.3 is 0 Å². The van der Waals surface area contributed by atoms with Crippen molar-refractivity contribution in [2.24, 2.45) is 5.41 Å². The fourth-order valence-electron chi connectivity index (χ4n) is 4.99. The molecule has 2 atom stereocenters. The zero-order valence-corrected chi connectivity index (χ0v) is 18.3. The van der Waals surface area contributed by atoms with E-state index < -0.39 is 5.41 Å². The van der Waals surface area contributed by atoms with E-state index in [1.54, 1.807) is 0 Å². The molecule has 2 aliphatic rings. The highest BCUT2D eigenvalue weighted by molar-refractivity contribution is 5.86. The number of hydrogen-bond donors (Lipinski definition) is 1. The third-order valence-electron chi connectivity index (χ3n) is 6.54. The summed E-state index contributed by atoms with van der Waals surface area (Å²) in [6.07, 6.45) is 3.57. The van der Waals surface area contributed by atoms with Gasteiger partial charge in [-0.25, -0.2) is 0 Å². The molecule has 2 fully saturated rings. The average molecular weight is 421 g/mol. The van der Waals surface area contributed by atoms with Crippen LogP contribution in [0.5, 0.6) is 0 Å². The van der Waals surface area contributed by atoms with Crippen molar-refractivity contribution < 1.29 is 14.3 Å². The molecular weight excluding hydrogens is 388 g/mol. The Morgan fingerprint density at radius 3 is 2.61 bits per heavy atom. The molecule has 2 heterocycles. The first-order valence-electron chi connectivity index (χ1n) is 11.4. The van der Waals surface area contributed by atoms with Gasteiger partial charge in [0, 0.05) is 26.2 Å². The standard InChI is InChI=1S/C26H32N2O3/c1-2-27-25(30)26(15-9-16-28(19-26)24(29)23-14-8-17-31-23)18-21-12-6-7-13-22(21)20-10-4-3-5-11-20/h3-7,10-13,23H,2,8-9,14-19H2,1H3,(H,27,30)/t23-,26-/m1/s1. The molecule has 1 N–H and O–H groups in total.